The molecule has 0 aliphatic carbocycles. The van der Waals surface area contributed by atoms with Crippen molar-refractivity contribution in [1.29, 1.82) is 0 Å². The summed E-state index contributed by atoms with van der Waals surface area (Å²) in [6.07, 6.45) is 0.203. The van der Waals surface area contributed by atoms with E-state index in [1.165, 1.54) is 6.07 Å². The largest absolute Gasteiger partial charge is 0.466 e. The lowest BCUT2D eigenvalue weighted by atomic mass is 10.1. The molecule has 0 N–H and O–H groups in total. The lowest BCUT2D eigenvalue weighted by Gasteiger charge is -2.03. The first-order valence-corrected chi connectivity index (χ1v) is 4.54. The number of rotatable bonds is 3. The number of carbonyl (C=O) groups is 1. The van der Waals surface area contributed by atoms with Gasteiger partial charge in [-0.25, -0.2) is 4.39 Å². The van der Waals surface area contributed by atoms with Crippen LogP contribution in [0.1, 0.15) is 18.1 Å². The van der Waals surface area contributed by atoms with Crippen LogP contribution in [0, 0.1) is 12.7 Å². The van der Waals surface area contributed by atoms with Crippen molar-refractivity contribution in [2.24, 2.45) is 0 Å². The van der Waals surface area contributed by atoms with Crippen LogP contribution in [0.4, 0.5) is 4.39 Å². The highest BCUT2D eigenvalue weighted by atomic mass is 19.1. The van der Waals surface area contributed by atoms with E-state index in [1.54, 1.807) is 26.0 Å². The van der Waals surface area contributed by atoms with Crippen LogP contribution in [-0.4, -0.2) is 12.6 Å². The average molecular weight is 196 g/mol. The van der Waals surface area contributed by atoms with Gasteiger partial charge in [-0.15, -0.1) is 0 Å². The first-order chi connectivity index (χ1) is 6.63. The van der Waals surface area contributed by atoms with E-state index >= 15 is 0 Å². The molecule has 0 heterocycles. The minimum atomic E-state index is -0.279. The van der Waals surface area contributed by atoms with E-state index in [1.807, 2.05) is 0 Å². The van der Waals surface area contributed by atoms with E-state index in [9.17, 15) is 9.18 Å². The van der Waals surface area contributed by atoms with Gasteiger partial charge in [0.05, 0.1) is 13.0 Å². The number of esters is 1. The van der Waals surface area contributed by atoms with Crippen molar-refractivity contribution < 1.29 is 13.9 Å². The van der Waals surface area contributed by atoms with Crippen LogP contribution >= 0.6 is 0 Å². The summed E-state index contributed by atoms with van der Waals surface area (Å²) in [7, 11) is 0. The van der Waals surface area contributed by atoms with Crippen LogP contribution in [0.5, 0.6) is 0 Å². The van der Waals surface area contributed by atoms with Crippen molar-refractivity contribution in [1.82, 2.24) is 0 Å². The van der Waals surface area contributed by atoms with Gasteiger partial charge in [0.25, 0.3) is 0 Å². The smallest absolute Gasteiger partial charge is 0.310 e. The number of aryl methyl sites for hydroxylation is 1. The number of ether oxygens (including phenoxy) is 1. The summed E-state index contributed by atoms with van der Waals surface area (Å²) >= 11 is 0. The van der Waals surface area contributed by atoms with Gasteiger partial charge in [-0.1, -0.05) is 12.1 Å². The van der Waals surface area contributed by atoms with Gasteiger partial charge in [-0.3, -0.25) is 4.79 Å². The zero-order valence-corrected chi connectivity index (χ0v) is 8.34. The second-order valence-corrected chi connectivity index (χ2v) is 3.07. The van der Waals surface area contributed by atoms with Gasteiger partial charge < -0.3 is 4.74 Å². The van der Waals surface area contributed by atoms with E-state index in [0.717, 1.165) is 5.56 Å². The molecule has 0 spiro atoms. The molecule has 0 saturated carbocycles. The summed E-state index contributed by atoms with van der Waals surface area (Å²) in [5.41, 5.74) is 1.33. The number of hydrogen-bond donors (Lipinski definition) is 0. The van der Waals surface area contributed by atoms with Crippen LogP contribution in [0.15, 0.2) is 18.2 Å². The fraction of sp³-hybridized carbons (Fsp3) is 0.364. The van der Waals surface area contributed by atoms with Gasteiger partial charge in [0.1, 0.15) is 5.82 Å². The van der Waals surface area contributed by atoms with Crippen LogP contribution < -0.4 is 0 Å². The zero-order chi connectivity index (χ0) is 10.6. The number of benzene rings is 1. The molecule has 0 saturated heterocycles. The first kappa shape index (κ1) is 10.7. The van der Waals surface area contributed by atoms with Crippen LogP contribution in [-0.2, 0) is 16.0 Å². The second kappa shape index (κ2) is 4.74. The molecule has 0 aliphatic rings. The summed E-state index contributed by atoms with van der Waals surface area (Å²) in [4.78, 5) is 11.1. The maximum Gasteiger partial charge on any atom is 0.310 e. The number of halogens is 1. The molecule has 1 rings (SSSR count). The molecule has 3 heteroatoms. The molecular formula is C11H13FO2. The normalized spacial score (nSPS) is 9.93. The molecule has 0 aromatic heterocycles. The third-order valence-electron chi connectivity index (χ3n) is 1.88. The third-order valence-corrected chi connectivity index (χ3v) is 1.88. The maximum atomic E-state index is 12.9. The molecule has 0 aliphatic heterocycles. The molecular weight excluding hydrogens is 183 g/mol. The molecule has 0 atom stereocenters. The lowest BCUT2D eigenvalue weighted by Crippen LogP contribution is -2.07. The minimum Gasteiger partial charge on any atom is -0.466 e. The molecule has 0 bridgehead atoms. The Labute approximate surface area is 82.7 Å². The van der Waals surface area contributed by atoms with Crippen molar-refractivity contribution in [3.05, 3.63) is 35.1 Å². The Hall–Kier alpha value is -1.38. The highest BCUT2D eigenvalue weighted by Gasteiger charge is 2.05. The van der Waals surface area contributed by atoms with Crippen molar-refractivity contribution in [3.8, 4) is 0 Å². The predicted molar refractivity (Wildman–Crippen MR) is 51.5 cm³/mol. The van der Waals surface area contributed by atoms with E-state index in [-0.39, 0.29) is 18.2 Å². The Morgan fingerprint density at radius 2 is 2.21 bits per heavy atom. The molecule has 0 radical (unpaired) electrons. The monoisotopic (exact) mass is 196 g/mol. The Morgan fingerprint density at radius 1 is 1.50 bits per heavy atom. The van der Waals surface area contributed by atoms with Gasteiger partial charge in [-0.2, -0.15) is 0 Å². The first-order valence-electron chi connectivity index (χ1n) is 4.54. The molecule has 0 fully saturated rings. The second-order valence-electron chi connectivity index (χ2n) is 3.07. The standard InChI is InChI=1S/C11H13FO2/c1-3-14-11(13)7-9-4-5-10(12)8(2)6-9/h4-6H,3,7H2,1-2H3. The topological polar surface area (TPSA) is 26.3 Å². The summed E-state index contributed by atoms with van der Waals surface area (Å²) in [6.45, 7) is 3.80. The molecule has 1 aromatic carbocycles. The molecule has 0 amide bonds. The van der Waals surface area contributed by atoms with Gasteiger partial charge in [0.15, 0.2) is 0 Å². The number of carbonyl (C=O) groups excluding carboxylic acids is 1. The quantitative estimate of drug-likeness (QED) is 0.693. The summed E-state index contributed by atoms with van der Waals surface area (Å²) < 4.78 is 17.7. The molecule has 14 heavy (non-hydrogen) atoms. The summed E-state index contributed by atoms with van der Waals surface area (Å²) in [5, 5.41) is 0. The predicted octanol–water partition coefficient (Wildman–Crippen LogP) is 2.24. The maximum absolute atomic E-state index is 12.9. The van der Waals surface area contributed by atoms with Crippen LogP contribution in [0.2, 0.25) is 0 Å². The molecule has 1 aromatic rings. The van der Waals surface area contributed by atoms with Crippen molar-refractivity contribution >= 4 is 5.97 Å². The van der Waals surface area contributed by atoms with Crippen molar-refractivity contribution in [2.75, 3.05) is 6.61 Å². The fourth-order valence-corrected chi connectivity index (χ4v) is 1.20. The molecule has 2 nitrogen and oxygen atoms in total. The highest BCUT2D eigenvalue weighted by Crippen LogP contribution is 2.10. The van der Waals surface area contributed by atoms with Crippen LogP contribution in [0.3, 0.4) is 0 Å². The summed E-state index contributed by atoms with van der Waals surface area (Å²) in [6, 6.07) is 4.62. The van der Waals surface area contributed by atoms with E-state index in [2.05, 4.69) is 0 Å². The van der Waals surface area contributed by atoms with E-state index in [0.29, 0.717) is 12.2 Å². The average Bonchev–Trinajstić information content (AvgIpc) is 2.12. The van der Waals surface area contributed by atoms with Gasteiger partial charge in [-0.05, 0) is 31.0 Å². The third kappa shape index (κ3) is 2.83. The van der Waals surface area contributed by atoms with E-state index in [4.69, 9.17) is 4.74 Å². The Kier molecular flexibility index (Phi) is 3.63. The van der Waals surface area contributed by atoms with Gasteiger partial charge in [0.2, 0.25) is 0 Å². The highest BCUT2D eigenvalue weighted by molar-refractivity contribution is 5.72. The van der Waals surface area contributed by atoms with Crippen LogP contribution in [0.25, 0.3) is 0 Å². The Bertz CT molecular complexity index is 334. The fourth-order valence-electron chi connectivity index (χ4n) is 1.20. The Balaban J connectivity index is 2.68. The zero-order valence-electron chi connectivity index (χ0n) is 8.34. The number of hydrogen-bond acceptors (Lipinski definition) is 2. The van der Waals surface area contributed by atoms with E-state index < -0.39 is 0 Å². The van der Waals surface area contributed by atoms with Gasteiger partial charge in [0, 0.05) is 0 Å². The lowest BCUT2D eigenvalue weighted by molar-refractivity contribution is -0.142. The van der Waals surface area contributed by atoms with Crippen molar-refractivity contribution in [3.63, 3.8) is 0 Å². The Morgan fingerprint density at radius 3 is 2.79 bits per heavy atom. The minimum absolute atomic E-state index is 0.203. The molecule has 0 unspecified atom stereocenters. The molecule has 76 valence electrons. The van der Waals surface area contributed by atoms with Crippen molar-refractivity contribution in [2.45, 2.75) is 20.3 Å². The van der Waals surface area contributed by atoms with Gasteiger partial charge >= 0.3 is 5.97 Å². The SMILES string of the molecule is CCOC(=O)Cc1ccc(F)c(C)c1. The summed E-state index contributed by atoms with van der Waals surface area (Å²) in [5.74, 6) is -0.531.